The van der Waals surface area contributed by atoms with Crippen LogP contribution in [0.3, 0.4) is 0 Å². The van der Waals surface area contributed by atoms with Gasteiger partial charge in [-0.05, 0) is 43.4 Å². The van der Waals surface area contributed by atoms with Crippen molar-refractivity contribution in [2.75, 3.05) is 11.5 Å². The Bertz CT molecular complexity index is 990. The Kier molecular flexibility index (Phi) is 5.29. The van der Waals surface area contributed by atoms with Gasteiger partial charge in [0, 0.05) is 5.56 Å². The number of carbonyl (C=O) groups excluding carboxylic acids is 2. The van der Waals surface area contributed by atoms with E-state index in [4.69, 9.17) is 22.2 Å². The van der Waals surface area contributed by atoms with E-state index in [1.807, 2.05) is 25.1 Å². The molecule has 1 heterocycles. The number of rotatable bonds is 4. The molecule has 1 N–H and O–H groups in total. The summed E-state index contributed by atoms with van der Waals surface area (Å²) in [6.45, 7) is 1.80. The molecule has 2 amide bonds. The van der Waals surface area contributed by atoms with E-state index >= 15 is 0 Å². The van der Waals surface area contributed by atoms with Crippen molar-refractivity contribution in [1.82, 2.24) is 5.32 Å². The van der Waals surface area contributed by atoms with E-state index in [0.29, 0.717) is 17.0 Å². The molecule has 7 heteroatoms. The molecule has 6 nitrogen and oxygen atoms in total. The molecule has 0 radical (unpaired) electrons. The summed E-state index contributed by atoms with van der Waals surface area (Å²) >= 11 is 5.18. The summed E-state index contributed by atoms with van der Waals surface area (Å²) < 4.78 is 5.36. The maximum atomic E-state index is 13.0. The van der Waals surface area contributed by atoms with Crippen molar-refractivity contribution in [1.29, 1.82) is 5.26 Å². The van der Waals surface area contributed by atoms with Gasteiger partial charge in [-0.15, -0.1) is 0 Å². The van der Waals surface area contributed by atoms with Crippen LogP contribution in [0, 0.1) is 18.3 Å². The van der Waals surface area contributed by atoms with Crippen LogP contribution < -0.4 is 15.0 Å². The standard InChI is InChI=1S/C20H15N3O3S/c1-13-6-8-15(9-7-13)23-19(25)16(18(24)22-20(23)27)12-14-4-2-3-5-17(14)26-11-10-21/h2-9,12H,11H2,1H3,(H,22,24,27). The first-order valence-electron chi connectivity index (χ1n) is 8.08. The van der Waals surface area contributed by atoms with Crippen molar-refractivity contribution < 1.29 is 14.3 Å². The second kappa shape index (κ2) is 7.81. The molecule has 3 rings (SSSR count). The number of ether oxygens (including phenoxy) is 1. The number of nitrogens with one attached hydrogen (secondary N) is 1. The Balaban J connectivity index is 2.00. The number of carbonyl (C=O) groups is 2. The van der Waals surface area contributed by atoms with Crippen LogP contribution in [-0.4, -0.2) is 23.5 Å². The van der Waals surface area contributed by atoms with Crippen LogP contribution >= 0.6 is 12.2 Å². The Morgan fingerprint density at radius 3 is 2.59 bits per heavy atom. The van der Waals surface area contributed by atoms with Crippen LogP contribution in [0.2, 0.25) is 0 Å². The second-order valence-corrected chi connectivity index (χ2v) is 6.16. The third kappa shape index (κ3) is 3.86. The van der Waals surface area contributed by atoms with Gasteiger partial charge in [-0.25, -0.2) is 0 Å². The fourth-order valence-corrected chi connectivity index (χ4v) is 2.86. The van der Waals surface area contributed by atoms with E-state index in [2.05, 4.69) is 5.32 Å². The number of nitriles is 1. The molecule has 0 saturated carbocycles. The van der Waals surface area contributed by atoms with Crippen LogP contribution in [0.25, 0.3) is 6.08 Å². The molecule has 0 spiro atoms. The molecule has 1 saturated heterocycles. The highest BCUT2D eigenvalue weighted by atomic mass is 32.1. The Labute approximate surface area is 161 Å². The minimum absolute atomic E-state index is 0.0278. The number of amides is 2. The van der Waals surface area contributed by atoms with Crippen LogP contribution in [0.1, 0.15) is 11.1 Å². The van der Waals surface area contributed by atoms with Crippen molar-refractivity contribution in [3.8, 4) is 11.8 Å². The summed E-state index contributed by atoms with van der Waals surface area (Å²) in [5, 5.41) is 11.3. The smallest absolute Gasteiger partial charge is 0.270 e. The number of para-hydroxylation sites is 1. The number of aryl methyl sites for hydroxylation is 1. The first kappa shape index (κ1) is 18.3. The largest absolute Gasteiger partial charge is 0.478 e. The zero-order valence-electron chi connectivity index (χ0n) is 14.4. The van der Waals surface area contributed by atoms with Crippen LogP contribution in [-0.2, 0) is 9.59 Å². The lowest BCUT2D eigenvalue weighted by Crippen LogP contribution is -2.54. The van der Waals surface area contributed by atoms with Gasteiger partial charge in [0.25, 0.3) is 11.8 Å². The molecule has 1 aliphatic heterocycles. The Morgan fingerprint density at radius 2 is 1.89 bits per heavy atom. The van der Waals surface area contributed by atoms with Gasteiger partial charge in [-0.3, -0.25) is 19.8 Å². The predicted octanol–water partition coefficient (Wildman–Crippen LogP) is 2.73. The zero-order chi connectivity index (χ0) is 19.4. The summed E-state index contributed by atoms with van der Waals surface area (Å²) in [5.41, 5.74) is 2.05. The monoisotopic (exact) mass is 377 g/mol. The highest BCUT2D eigenvalue weighted by molar-refractivity contribution is 7.80. The number of nitrogens with zero attached hydrogens (tertiary/aromatic N) is 2. The lowest BCUT2D eigenvalue weighted by molar-refractivity contribution is -0.122. The maximum absolute atomic E-state index is 13.0. The van der Waals surface area contributed by atoms with Crippen molar-refractivity contribution in [3.05, 3.63) is 65.2 Å². The van der Waals surface area contributed by atoms with Crippen molar-refractivity contribution in [2.24, 2.45) is 0 Å². The van der Waals surface area contributed by atoms with Gasteiger partial charge < -0.3 is 4.74 Å². The molecular weight excluding hydrogens is 362 g/mol. The van der Waals surface area contributed by atoms with Crippen molar-refractivity contribution in [2.45, 2.75) is 6.92 Å². The van der Waals surface area contributed by atoms with Gasteiger partial charge in [0.05, 0.1) is 5.69 Å². The summed E-state index contributed by atoms with van der Waals surface area (Å²) in [4.78, 5) is 26.6. The van der Waals surface area contributed by atoms with Crippen molar-refractivity contribution in [3.63, 3.8) is 0 Å². The van der Waals surface area contributed by atoms with E-state index in [0.717, 1.165) is 5.56 Å². The number of anilines is 1. The van der Waals surface area contributed by atoms with Crippen molar-refractivity contribution >= 4 is 40.9 Å². The van der Waals surface area contributed by atoms with E-state index in [1.54, 1.807) is 36.4 Å². The van der Waals surface area contributed by atoms with Crippen LogP contribution in [0.15, 0.2) is 54.1 Å². The molecule has 1 aliphatic rings. The molecule has 2 aromatic rings. The fraction of sp³-hybridized carbons (Fsp3) is 0.100. The summed E-state index contributed by atoms with van der Waals surface area (Å²) in [6.07, 6.45) is 1.44. The molecule has 134 valence electrons. The molecule has 27 heavy (non-hydrogen) atoms. The average Bonchev–Trinajstić information content (AvgIpc) is 2.65. The quantitative estimate of drug-likeness (QED) is 0.503. The summed E-state index contributed by atoms with van der Waals surface area (Å²) in [5.74, 6) is -0.701. The van der Waals surface area contributed by atoms with Gasteiger partial charge in [0.2, 0.25) is 0 Å². The van der Waals surface area contributed by atoms with Gasteiger partial charge in [-0.2, -0.15) is 5.26 Å². The molecule has 0 atom stereocenters. The Hall–Kier alpha value is -3.50. The predicted molar refractivity (Wildman–Crippen MR) is 105 cm³/mol. The number of benzene rings is 2. The number of hydrogen-bond donors (Lipinski definition) is 1. The normalized spacial score (nSPS) is 15.5. The maximum Gasteiger partial charge on any atom is 0.270 e. The third-order valence-electron chi connectivity index (χ3n) is 3.90. The highest BCUT2D eigenvalue weighted by Crippen LogP contribution is 2.25. The average molecular weight is 377 g/mol. The zero-order valence-corrected chi connectivity index (χ0v) is 15.2. The first-order valence-corrected chi connectivity index (χ1v) is 8.49. The summed E-state index contributed by atoms with van der Waals surface area (Å²) in [6, 6.07) is 16.0. The molecule has 0 aliphatic carbocycles. The number of thiocarbonyl (C=S) groups is 1. The lowest BCUT2D eigenvalue weighted by Gasteiger charge is -2.29. The fourth-order valence-electron chi connectivity index (χ4n) is 2.58. The lowest BCUT2D eigenvalue weighted by atomic mass is 10.1. The topological polar surface area (TPSA) is 82.4 Å². The molecular formula is C20H15N3O3S. The second-order valence-electron chi connectivity index (χ2n) is 5.78. The van der Waals surface area contributed by atoms with Gasteiger partial charge >= 0.3 is 0 Å². The SMILES string of the molecule is Cc1ccc(N2C(=O)C(=Cc3ccccc3OCC#N)C(=O)NC2=S)cc1. The van der Waals surface area contributed by atoms with E-state index in [9.17, 15) is 9.59 Å². The van der Waals surface area contributed by atoms with Crippen LogP contribution in [0.4, 0.5) is 5.69 Å². The molecule has 0 bridgehead atoms. The first-order chi connectivity index (χ1) is 13.0. The minimum Gasteiger partial charge on any atom is -0.478 e. The minimum atomic E-state index is -0.580. The van der Waals surface area contributed by atoms with Crippen LogP contribution in [0.5, 0.6) is 5.75 Å². The number of hydrogen-bond acceptors (Lipinski definition) is 5. The molecule has 2 aromatic carbocycles. The van der Waals surface area contributed by atoms with E-state index in [-0.39, 0.29) is 17.3 Å². The van der Waals surface area contributed by atoms with Gasteiger partial charge in [0.15, 0.2) is 11.7 Å². The van der Waals surface area contributed by atoms with E-state index in [1.165, 1.54) is 11.0 Å². The summed E-state index contributed by atoms with van der Waals surface area (Å²) in [7, 11) is 0. The Morgan fingerprint density at radius 1 is 1.19 bits per heavy atom. The third-order valence-corrected chi connectivity index (χ3v) is 4.19. The van der Waals surface area contributed by atoms with Gasteiger partial charge in [0.1, 0.15) is 17.4 Å². The molecule has 0 unspecified atom stereocenters. The van der Waals surface area contributed by atoms with Gasteiger partial charge in [-0.1, -0.05) is 35.9 Å². The van der Waals surface area contributed by atoms with E-state index < -0.39 is 11.8 Å². The highest BCUT2D eigenvalue weighted by Gasteiger charge is 2.34. The molecule has 1 fully saturated rings. The molecule has 0 aromatic heterocycles.